The minimum Gasteiger partial charge on any atom is -0.314 e. The van der Waals surface area contributed by atoms with E-state index in [1.165, 1.54) is 44.5 Å². The summed E-state index contributed by atoms with van der Waals surface area (Å²) >= 11 is 0. The van der Waals surface area contributed by atoms with Crippen LogP contribution in [0.15, 0.2) is 60.7 Å². The average molecular weight is 297 g/mol. The van der Waals surface area contributed by atoms with Crippen molar-refractivity contribution in [3.63, 3.8) is 0 Å². The number of hydrogen-bond donors (Lipinski definition) is 1. The van der Waals surface area contributed by atoms with Gasteiger partial charge in [-0.1, -0.05) is 60.7 Å². The van der Waals surface area contributed by atoms with E-state index in [9.17, 15) is 0 Å². The van der Waals surface area contributed by atoms with Crippen LogP contribution >= 0.6 is 0 Å². The maximum atomic E-state index is 7.15. The highest BCUT2D eigenvalue weighted by molar-refractivity contribution is 5.71. The molecule has 0 radical (unpaired) electrons. The van der Waals surface area contributed by atoms with Gasteiger partial charge in [0.2, 0.25) is 0 Å². The minimum atomic E-state index is -0.532. The Balaban J connectivity index is 1.98. The van der Waals surface area contributed by atoms with Crippen molar-refractivity contribution < 1.29 is 0 Å². The number of benzene rings is 3. The molecule has 0 aromatic heterocycles. The van der Waals surface area contributed by atoms with Gasteiger partial charge in [-0.05, 0) is 58.4 Å². The van der Waals surface area contributed by atoms with Crippen LogP contribution in [0.3, 0.4) is 0 Å². The fraction of sp³-hybridized carbons (Fsp3) is 0.182. The molecule has 1 nitrogen and oxygen atoms in total. The minimum absolute atomic E-state index is 0.308. The summed E-state index contributed by atoms with van der Waals surface area (Å²) in [6.45, 7) is 4.37. The largest absolute Gasteiger partial charge is 0.314 e. The highest BCUT2D eigenvalue weighted by Crippen LogP contribution is 2.56. The van der Waals surface area contributed by atoms with Gasteiger partial charge in [-0.15, -0.1) is 0 Å². The molecule has 6 rings (SSSR count). The third-order valence-electron chi connectivity index (χ3n) is 5.79. The topological polar surface area (TPSA) is 26.0 Å². The highest BCUT2D eigenvalue weighted by Gasteiger charge is 2.49. The zero-order valence-corrected chi connectivity index (χ0v) is 13.4. The normalized spacial score (nSPS) is 23.2. The summed E-state index contributed by atoms with van der Waals surface area (Å²) in [6, 6.07) is 22.0. The Morgan fingerprint density at radius 3 is 1.83 bits per heavy atom. The van der Waals surface area contributed by atoms with Gasteiger partial charge in [0, 0.05) is 5.92 Å². The van der Waals surface area contributed by atoms with Crippen LogP contribution in [0.2, 0.25) is 0 Å². The molecule has 0 spiro atoms. The number of hydrogen-bond acceptors (Lipinski definition) is 1. The van der Waals surface area contributed by atoms with Gasteiger partial charge < -0.3 is 5.73 Å². The summed E-state index contributed by atoms with van der Waals surface area (Å²) in [5.41, 5.74) is 17.2. The van der Waals surface area contributed by atoms with E-state index in [1.807, 2.05) is 0 Å². The molecule has 0 saturated carbocycles. The third-order valence-corrected chi connectivity index (χ3v) is 5.79. The van der Waals surface area contributed by atoms with Crippen LogP contribution in [-0.2, 0) is 5.54 Å². The summed E-state index contributed by atoms with van der Waals surface area (Å²) in [6.07, 6.45) is 0. The summed E-state index contributed by atoms with van der Waals surface area (Å²) in [7, 11) is 0. The van der Waals surface area contributed by atoms with E-state index in [0.29, 0.717) is 5.92 Å². The molecule has 0 fully saturated rings. The Hall–Kier alpha value is -2.38. The van der Waals surface area contributed by atoms with E-state index in [-0.39, 0.29) is 0 Å². The van der Waals surface area contributed by atoms with E-state index < -0.39 is 5.54 Å². The monoisotopic (exact) mass is 297 g/mol. The first-order valence-electron chi connectivity index (χ1n) is 8.21. The molecule has 2 bridgehead atoms. The molecule has 0 unspecified atom stereocenters. The molecule has 3 aromatic carbocycles. The second-order valence-electron chi connectivity index (χ2n) is 6.94. The molecular formula is C22H19N. The van der Waals surface area contributed by atoms with Crippen molar-refractivity contribution >= 4 is 0 Å². The lowest BCUT2D eigenvalue weighted by atomic mass is 9.57. The Morgan fingerprint density at radius 2 is 1.22 bits per heavy atom. The van der Waals surface area contributed by atoms with E-state index in [4.69, 9.17) is 5.73 Å². The zero-order chi connectivity index (χ0) is 15.8. The molecule has 1 heteroatoms. The fourth-order valence-electron chi connectivity index (χ4n) is 4.57. The first-order valence-corrected chi connectivity index (χ1v) is 8.21. The van der Waals surface area contributed by atoms with Crippen LogP contribution < -0.4 is 5.73 Å². The standard InChI is InChI=1S/C22H19N/c1-13-11-17-20(12-14(13)2)22(23)18-9-5-3-7-15(18)21(17)16-8-4-6-10-19(16)22/h3-12,21H,23H2,1-2H3. The van der Waals surface area contributed by atoms with Gasteiger partial charge in [-0.2, -0.15) is 0 Å². The highest BCUT2D eigenvalue weighted by atomic mass is 14.8. The van der Waals surface area contributed by atoms with Crippen LogP contribution in [0.25, 0.3) is 0 Å². The van der Waals surface area contributed by atoms with E-state index >= 15 is 0 Å². The molecule has 0 aliphatic heterocycles. The molecular weight excluding hydrogens is 278 g/mol. The predicted molar refractivity (Wildman–Crippen MR) is 93.8 cm³/mol. The van der Waals surface area contributed by atoms with Crippen molar-refractivity contribution in [1.82, 2.24) is 0 Å². The third kappa shape index (κ3) is 1.41. The number of nitrogens with two attached hydrogens (primary N) is 1. The quantitative estimate of drug-likeness (QED) is 0.655. The molecule has 2 N–H and O–H groups in total. The predicted octanol–water partition coefficient (Wildman–Crippen LogP) is 4.36. The molecule has 0 atom stereocenters. The van der Waals surface area contributed by atoms with Gasteiger partial charge in [0.05, 0.1) is 5.54 Å². The van der Waals surface area contributed by atoms with E-state index in [0.717, 1.165) is 0 Å². The van der Waals surface area contributed by atoms with Crippen molar-refractivity contribution in [2.75, 3.05) is 0 Å². The SMILES string of the molecule is Cc1cc2c(cc1C)C1(N)c3ccccc3C2c2ccccc21. The smallest absolute Gasteiger partial charge is 0.0932 e. The van der Waals surface area contributed by atoms with Crippen molar-refractivity contribution in [2.24, 2.45) is 5.73 Å². The van der Waals surface area contributed by atoms with E-state index in [2.05, 4.69) is 74.5 Å². The molecule has 23 heavy (non-hydrogen) atoms. The first-order chi connectivity index (χ1) is 11.1. The van der Waals surface area contributed by atoms with Crippen molar-refractivity contribution in [1.29, 1.82) is 0 Å². The van der Waals surface area contributed by atoms with Crippen LogP contribution in [0, 0.1) is 13.8 Å². The Morgan fingerprint density at radius 1 is 0.696 bits per heavy atom. The molecule has 3 aromatic rings. The molecule has 0 saturated heterocycles. The summed E-state index contributed by atoms with van der Waals surface area (Å²) in [5, 5.41) is 0. The molecule has 0 amide bonds. The van der Waals surface area contributed by atoms with Gasteiger partial charge in [-0.25, -0.2) is 0 Å². The Bertz CT molecular complexity index is 920. The van der Waals surface area contributed by atoms with Crippen LogP contribution in [0.5, 0.6) is 0 Å². The average Bonchev–Trinajstić information content (AvgIpc) is 2.57. The van der Waals surface area contributed by atoms with Crippen molar-refractivity contribution in [3.8, 4) is 0 Å². The Labute approximate surface area is 136 Å². The molecule has 3 aliphatic rings. The summed E-state index contributed by atoms with van der Waals surface area (Å²) in [4.78, 5) is 0. The fourth-order valence-corrected chi connectivity index (χ4v) is 4.57. The molecule has 0 heterocycles. The number of aryl methyl sites for hydroxylation is 2. The lowest BCUT2D eigenvalue weighted by Crippen LogP contribution is -2.48. The lowest BCUT2D eigenvalue weighted by molar-refractivity contribution is 0.565. The second kappa shape index (κ2) is 4.12. The van der Waals surface area contributed by atoms with Crippen molar-refractivity contribution in [2.45, 2.75) is 25.3 Å². The van der Waals surface area contributed by atoms with Gasteiger partial charge >= 0.3 is 0 Å². The van der Waals surface area contributed by atoms with Gasteiger partial charge in [0.25, 0.3) is 0 Å². The van der Waals surface area contributed by atoms with Crippen molar-refractivity contribution in [3.05, 3.63) is 105 Å². The van der Waals surface area contributed by atoms with Gasteiger partial charge in [0.1, 0.15) is 0 Å². The number of rotatable bonds is 0. The Kier molecular flexibility index (Phi) is 2.35. The molecule has 112 valence electrons. The summed E-state index contributed by atoms with van der Waals surface area (Å²) in [5.74, 6) is 0.308. The first kappa shape index (κ1) is 13.1. The maximum Gasteiger partial charge on any atom is 0.0932 e. The summed E-state index contributed by atoms with van der Waals surface area (Å²) < 4.78 is 0. The van der Waals surface area contributed by atoms with E-state index in [1.54, 1.807) is 0 Å². The van der Waals surface area contributed by atoms with Crippen LogP contribution in [0.1, 0.15) is 50.4 Å². The zero-order valence-electron chi connectivity index (χ0n) is 13.4. The second-order valence-corrected chi connectivity index (χ2v) is 6.94. The maximum absolute atomic E-state index is 7.15. The van der Waals surface area contributed by atoms with Crippen LogP contribution in [0.4, 0.5) is 0 Å². The molecule has 3 aliphatic carbocycles. The van der Waals surface area contributed by atoms with Gasteiger partial charge in [0.15, 0.2) is 0 Å². The van der Waals surface area contributed by atoms with Gasteiger partial charge in [-0.3, -0.25) is 0 Å². The lowest BCUT2D eigenvalue weighted by Gasteiger charge is -2.48. The van der Waals surface area contributed by atoms with Crippen LogP contribution in [-0.4, -0.2) is 0 Å².